The molecular formula is C7H17N3O2. The molecule has 0 aromatic heterocycles. The first-order chi connectivity index (χ1) is 5.81. The Hall–Kier alpha value is -0.810. The number of rotatable bonds is 6. The van der Waals surface area contributed by atoms with Gasteiger partial charge < -0.3 is 10.1 Å². The van der Waals surface area contributed by atoms with Gasteiger partial charge in [0.1, 0.15) is 0 Å². The van der Waals surface area contributed by atoms with Crippen LogP contribution in [0.5, 0.6) is 0 Å². The number of hydrazine groups is 1. The summed E-state index contributed by atoms with van der Waals surface area (Å²) >= 11 is 0. The average Bonchev–Trinajstić information content (AvgIpc) is 2.10. The van der Waals surface area contributed by atoms with Crippen LogP contribution in [0.25, 0.3) is 0 Å². The van der Waals surface area contributed by atoms with Crippen molar-refractivity contribution in [2.24, 2.45) is 5.84 Å². The van der Waals surface area contributed by atoms with Gasteiger partial charge in [-0.1, -0.05) is 13.3 Å². The molecule has 0 aromatic carbocycles. The third-order valence-electron chi connectivity index (χ3n) is 1.31. The van der Waals surface area contributed by atoms with E-state index >= 15 is 0 Å². The van der Waals surface area contributed by atoms with Crippen LogP contribution in [0.4, 0.5) is 4.79 Å². The molecule has 0 bridgehead atoms. The molecule has 4 N–H and O–H groups in total. The number of carbonyl (C=O) groups excluding carboxylic acids is 1. The molecule has 0 radical (unpaired) electrons. The molecular weight excluding hydrogens is 158 g/mol. The highest BCUT2D eigenvalue weighted by atomic mass is 16.5. The Labute approximate surface area is 72.6 Å². The van der Waals surface area contributed by atoms with Crippen molar-refractivity contribution in [3.63, 3.8) is 0 Å². The molecule has 0 atom stereocenters. The fourth-order valence-corrected chi connectivity index (χ4v) is 0.636. The zero-order valence-electron chi connectivity index (χ0n) is 7.43. The molecule has 0 aromatic rings. The summed E-state index contributed by atoms with van der Waals surface area (Å²) in [7, 11) is 0. The van der Waals surface area contributed by atoms with Gasteiger partial charge in [-0.3, -0.25) is 5.43 Å². The minimum Gasteiger partial charge on any atom is -0.380 e. The van der Waals surface area contributed by atoms with E-state index in [0.717, 1.165) is 19.4 Å². The van der Waals surface area contributed by atoms with Crippen molar-refractivity contribution >= 4 is 6.03 Å². The zero-order valence-corrected chi connectivity index (χ0v) is 7.43. The van der Waals surface area contributed by atoms with Crippen molar-refractivity contribution in [1.82, 2.24) is 10.7 Å². The van der Waals surface area contributed by atoms with Crippen molar-refractivity contribution in [2.75, 3.05) is 19.8 Å². The molecule has 0 heterocycles. The number of urea groups is 1. The smallest absolute Gasteiger partial charge is 0.328 e. The second-order valence-electron chi connectivity index (χ2n) is 2.37. The minimum absolute atomic E-state index is 0.380. The molecule has 0 rings (SSSR count). The predicted molar refractivity (Wildman–Crippen MR) is 46.4 cm³/mol. The summed E-state index contributed by atoms with van der Waals surface area (Å²) in [5.41, 5.74) is 1.96. The molecule has 0 unspecified atom stereocenters. The topological polar surface area (TPSA) is 76.4 Å². The van der Waals surface area contributed by atoms with Gasteiger partial charge in [-0.05, 0) is 6.42 Å². The molecule has 0 aliphatic carbocycles. The molecule has 0 spiro atoms. The first-order valence-corrected chi connectivity index (χ1v) is 4.13. The summed E-state index contributed by atoms with van der Waals surface area (Å²) in [6, 6.07) is -0.380. The van der Waals surface area contributed by atoms with Crippen LogP contribution in [0.15, 0.2) is 0 Å². The van der Waals surface area contributed by atoms with Gasteiger partial charge in [-0.15, -0.1) is 0 Å². The van der Waals surface area contributed by atoms with Gasteiger partial charge in [0.15, 0.2) is 0 Å². The summed E-state index contributed by atoms with van der Waals surface area (Å²) in [6.45, 7) is 3.88. The minimum atomic E-state index is -0.380. The highest BCUT2D eigenvalue weighted by Crippen LogP contribution is 1.86. The lowest BCUT2D eigenvalue weighted by atomic mass is 10.4. The Kier molecular flexibility index (Phi) is 7.73. The van der Waals surface area contributed by atoms with Crippen molar-refractivity contribution in [3.05, 3.63) is 0 Å². The number of nitrogens with one attached hydrogen (secondary N) is 2. The third-order valence-corrected chi connectivity index (χ3v) is 1.31. The predicted octanol–water partition coefficient (Wildman–Crippen LogP) is -0.0240. The standard InChI is InChI=1S/C7H17N3O2/c1-2-3-5-12-6-4-9-7(11)10-8/h2-6,8H2,1H3,(H2,9,10,11). The molecule has 5 nitrogen and oxygen atoms in total. The van der Waals surface area contributed by atoms with Gasteiger partial charge >= 0.3 is 6.03 Å². The Morgan fingerprint density at radius 1 is 1.50 bits per heavy atom. The second-order valence-corrected chi connectivity index (χ2v) is 2.37. The van der Waals surface area contributed by atoms with Crippen LogP contribution in [0, 0.1) is 0 Å². The molecule has 0 saturated heterocycles. The van der Waals surface area contributed by atoms with Crippen LogP contribution in [0.1, 0.15) is 19.8 Å². The molecule has 0 fully saturated rings. The van der Waals surface area contributed by atoms with Gasteiger partial charge in [0, 0.05) is 13.2 Å². The number of nitrogens with two attached hydrogens (primary N) is 1. The first kappa shape index (κ1) is 11.2. The van der Waals surface area contributed by atoms with E-state index in [1.54, 1.807) is 0 Å². The van der Waals surface area contributed by atoms with Gasteiger partial charge in [-0.25, -0.2) is 10.6 Å². The van der Waals surface area contributed by atoms with E-state index in [1.165, 1.54) is 0 Å². The van der Waals surface area contributed by atoms with Crippen molar-refractivity contribution in [2.45, 2.75) is 19.8 Å². The summed E-state index contributed by atoms with van der Waals surface area (Å²) < 4.78 is 5.19. The van der Waals surface area contributed by atoms with E-state index in [0.29, 0.717) is 13.2 Å². The van der Waals surface area contributed by atoms with Crippen LogP contribution in [0.3, 0.4) is 0 Å². The molecule has 2 amide bonds. The maximum Gasteiger partial charge on any atom is 0.328 e. The van der Waals surface area contributed by atoms with Crippen molar-refractivity contribution in [1.29, 1.82) is 0 Å². The normalized spacial score (nSPS) is 9.50. The Balaban J connectivity index is 2.95. The van der Waals surface area contributed by atoms with Crippen LogP contribution in [-0.4, -0.2) is 25.8 Å². The van der Waals surface area contributed by atoms with E-state index < -0.39 is 0 Å². The fourth-order valence-electron chi connectivity index (χ4n) is 0.636. The van der Waals surface area contributed by atoms with Gasteiger partial charge in [0.25, 0.3) is 0 Å². The molecule has 0 aliphatic rings. The zero-order chi connectivity index (χ0) is 9.23. The summed E-state index contributed by atoms with van der Waals surface area (Å²) in [5, 5.41) is 2.51. The molecule has 0 saturated carbocycles. The molecule has 0 aliphatic heterocycles. The number of unbranched alkanes of at least 4 members (excludes halogenated alkanes) is 1. The SMILES string of the molecule is CCCCOCCNC(=O)NN. The maximum atomic E-state index is 10.5. The summed E-state index contributed by atoms with van der Waals surface area (Å²) in [4.78, 5) is 10.5. The lowest BCUT2D eigenvalue weighted by molar-refractivity contribution is 0.133. The number of carbonyl (C=O) groups is 1. The second kappa shape index (κ2) is 8.29. The van der Waals surface area contributed by atoms with E-state index in [1.807, 2.05) is 5.43 Å². The Morgan fingerprint density at radius 2 is 2.25 bits per heavy atom. The van der Waals surface area contributed by atoms with Gasteiger partial charge in [0.05, 0.1) is 6.61 Å². The molecule has 5 heteroatoms. The van der Waals surface area contributed by atoms with E-state index in [9.17, 15) is 4.79 Å². The van der Waals surface area contributed by atoms with E-state index in [2.05, 4.69) is 12.2 Å². The lowest BCUT2D eigenvalue weighted by Crippen LogP contribution is -2.41. The average molecular weight is 175 g/mol. The maximum absolute atomic E-state index is 10.5. The Bertz CT molecular complexity index is 119. The number of ether oxygens (including phenoxy) is 1. The number of hydrogen-bond acceptors (Lipinski definition) is 3. The summed E-state index contributed by atoms with van der Waals surface area (Å²) in [6.07, 6.45) is 2.18. The van der Waals surface area contributed by atoms with E-state index in [-0.39, 0.29) is 6.03 Å². The van der Waals surface area contributed by atoms with Crippen molar-refractivity contribution < 1.29 is 9.53 Å². The Morgan fingerprint density at radius 3 is 2.83 bits per heavy atom. The van der Waals surface area contributed by atoms with Gasteiger partial charge in [-0.2, -0.15) is 0 Å². The van der Waals surface area contributed by atoms with Crippen LogP contribution in [-0.2, 0) is 4.74 Å². The molecule has 12 heavy (non-hydrogen) atoms. The molecule has 72 valence electrons. The largest absolute Gasteiger partial charge is 0.380 e. The van der Waals surface area contributed by atoms with E-state index in [4.69, 9.17) is 10.6 Å². The van der Waals surface area contributed by atoms with Gasteiger partial charge in [0.2, 0.25) is 0 Å². The number of amides is 2. The number of hydrogen-bond donors (Lipinski definition) is 3. The first-order valence-electron chi connectivity index (χ1n) is 4.13. The quantitative estimate of drug-likeness (QED) is 0.230. The van der Waals surface area contributed by atoms with Crippen LogP contribution in [0.2, 0.25) is 0 Å². The van der Waals surface area contributed by atoms with Crippen molar-refractivity contribution in [3.8, 4) is 0 Å². The lowest BCUT2D eigenvalue weighted by Gasteiger charge is -2.04. The fraction of sp³-hybridized carbons (Fsp3) is 0.857. The highest BCUT2D eigenvalue weighted by molar-refractivity contribution is 5.72. The third kappa shape index (κ3) is 7.30. The highest BCUT2D eigenvalue weighted by Gasteiger charge is 1.93. The monoisotopic (exact) mass is 175 g/mol. The van der Waals surface area contributed by atoms with Crippen LogP contribution < -0.4 is 16.6 Å². The van der Waals surface area contributed by atoms with Crippen LogP contribution >= 0.6 is 0 Å². The summed E-state index contributed by atoms with van der Waals surface area (Å²) in [5.74, 6) is 4.83.